The van der Waals surface area contributed by atoms with Gasteiger partial charge < -0.3 is 9.80 Å². The van der Waals surface area contributed by atoms with Crippen molar-refractivity contribution in [2.45, 2.75) is 38.1 Å². The van der Waals surface area contributed by atoms with Crippen molar-refractivity contribution >= 4 is 5.91 Å². The number of hydrogen-bond acceptors (Lipinski definition) is 3. The van der Waals surface area contributed by atoms with E-state index in [9.17, 15) is 10.1 Å². The predicted octanol–water partition coefficient (Wildman–Crippen LogP) is 2.65. The van der Waals surface area contributed by atoms with E-state index < -0.39 is 0 Å². The van der Waals surface area contributed by atoms with Crippen molar-refractivity contribution in [1.29, 1.82) is 5.26 Å². The molecule has 0 N–H and O–H groups in total. The first-order valence-corrected chi connectivity index (χ1v) is 8.32. The van der Waals surface area contributed by atoms with Crippen LogP contribution in [0.3, 0.4) is 0 Å². The van der Waals surface area contributed by atoms with E-state index in [-0.39, 0.29) is 5.91 Å². The number of benzene rings is 1. The number of amides is 1. The molecule has 3 rings (SSSR count). The van der Waals surface area contributed by atoms with E-state index in [2.05, 4.69) is 11.0 Å². The van der Waals surface area contributed by atoms with Gasteiger partial charge in [-0.25, -0.2) is 0 Å². The molecular weight excluding hydrogens is 274 g/mol. The fraction of sp³-hybridized carbons (Fsp3) is 0.556. The number of carbonyl (C=O) groups is 1. The van der Waals surface area contributed by atoms with Crippen molar-refractivity contribution in [3.63, 3.8) is 0 Å². The predicted molar refractivity (Wildman–Crippen MR) is 85.5 cm³/mol. The van der Waals surface area contributed by atoms with Crippen LogP contribution in [-0.4, -0.2) is 47.9 Å². The SMILES string of the molecule is N#Cc1ccccc1C(=O)N1CCCC[C@@H]1CN1CCCC1. The van der Waals surface area contributed by atoms with Crippen LogP contribution in [0.2, 0.25) is 0 Å². The zero-order chi connectivity index (χ0) is 15.4. The molecule has 0 aromatic heterocycles. The van der Waals surface area contributed by atoms with Crippen molar-refractivity contribution in [1.82, 2.24) is 9.80 Å². The molecule has 0 spiro atoms. The summed E-state index contributed by atoms with van der Waals surface area (Å²) >= 11 is 0. The lowest BCUT2D eigenvalue weighted by Gasteiger charge is -2.38. The van der Waals surface area contributed by atoms with Crippen molar-refractivity contribution in [3.8, 4) is 6.07 Å². The van der Waals surface area contributed by atoms with Gasteiger partial charge in [0.2, 0.25) is 0 Å². The van der Waals surface area contributed by atoms with Gasteiger partial charge in [-0.2, -0.15) is 5.26 Å². The van der Waals surface area contributed by atoms with Crippen molar-refractivity contribution < 1.29 is 4.79 Å². The van der Waals surface area contributed by atoms with Gasteiger partial charge in [-0.1, -0.05) is 12.1 Å². The Balaban J connectivity index is 1.77. The summed E-state index contributed by atoms with van der Waals surface area (Å²) in [5.74, 6) is 0.0287. The summed E-state index contributed by atoms with van der Waals surface area (Å²) < 4.78 is 0. The minimum Gasteiger partial charge on any atom is -0.334 e. The maximum absolute atomic E-state index is 12.9. The molecule has 1 amide bonds. The fourth-order valence-electron chi connectivity index (χ4n) is 3.64. The molecule has 0 aliphatic carbocycles. The largest absolute Gasteiger partial charge is 0.334 e. The third kappa shape index (κ3) is 3.15. The molecule has 2 aliphatic heterocycles. The van der Waals surface area contributed by atoms with Gasteiger partial charge in [0, 0.05) is 19.1 Å². The summed E-state index contributed by atoms with van der Waals surface area (Å²) in [5.41, 5.74) is 1.04. The van der Waals surface area contributed by atoms with Gasteiger partial charge in [0.1, 0.15) is 0 Å². The second kappa shape index (κ2) is 6.93. The number of carbonyl (C=O) groups excluding carboxylic acids is 1. The minimum absolute atomic E-state index is 0.0287. The number of likely N-dealkylation sites (tertiary alicyclic amines) is 2. The van der Waals surface area contributed by atoms with Gasteiger partial charge >= 0.3 is 0 Å². The van der Waals surface area contributed by atoms with Gasteiger partial charge in [-0.05, 0) is 57.3 Å². The lowest BCUT2D eigenvalue weighted by molar-refractivity contribution is 0.0560. The highest BCUT2D eigenvalue weighted by Crippen LogP contribution is 2.23. The Morgan fingerprint density at radius 2 is 1.86 bits per heavy atom. The third-order valence-corrected chi connectivity index (χ3v) is 4.83. The second-order valence-electron chi connectivity index (χ2n) is 6.31. The van der Waals surface area contributed by atoms with Gasteiger partial charge in [0.25, 0.3) is 5.91 Å². The van der Waals surface area contributed by atoms with Crippen LogP contribution in [-0.2, 0) is 0 Å². The molecule has 1 atom stereocenters. The van der Waals surface area contributed by atoms with Crippen LogP contribution in [0.15, 0.2) is 24.3 Å². The Labute approximate surface area is 132 Å². The van der Waals surface area contributed by atoms with Crippen LogP contribution < -0.4 is 0 Å². The molecule has 0 bridgehead atoms. The summed E-state index contributed by atoms with van der Waals surface area (Å²) in [7, 11) is 0. The molecular formula is C18H23N3O. The Bertz CT molecular complexity index is 572. The Hall–Kier alpha value is -1.86. The van der Waals surface area contributed by atoms with Crippen LogP contribution in [0.25, 0.3) is 0 Å². The van der Waals surface area contributed by atoms with Gasteiger partial charge in [-0.3, -0.25) is 4.79 Å². The Kier molecular flexibility index (Phi) is 4.74. The molecule has 0 saturated carbocycles. The molecule has 4 heteroatoms. The van der Waals surface area contributed by atoms with Gasteiger partial charge in [-0.15, -0.1) is 0 Å². The van der Waals surface area contributed by atoms with E-state index in [1.165, 1.54) is 19.3 Å². The summed E-state index contributed by atoms with van der Waals surface area (Å²) in [6, 6.07) is 9.61. The van der Waals surface area contributed by atoms with E-state index in [0.717, 1.165) is 39.0 Å². The highest BCUT2D eigenvalue weighted by molar-refractivity contribution is 5.96. The number of piperidine rings is 1. The molecule has 116 valence electrons. The summed E-state index contributed by atoms with van der Waals surface area (Å²) in [5, 5.41) is 9.23. The Morgan fingerprint density at radius 3 is 2.64 bits per heavy atom. The van der Waals surface area contributed by atoms with Gasteiger partial charge in [0.15, 0.2) is 0 Å². The van der Waals surface area contributed by atoms with E-state index in [0.29, 0.717) is 17.2 Å². The normalized spacial score (nSPS) is 22.5. The monoisotopic (exact) mass is 297 g/mol. The Morgan fingerprint density at radius 1 is 1.14 bits per heavy atom. The minimum atomic E-state index is 0.0287. The highest BCUT2D eigenvalue weighted by atomic mass is 16.2. The van der Waals surface area contributed by atoms with Gasteiger partial charge in [0.05, 0.1) is 17.2 Å². The molecule has 2 fully saturated rings. The highest BCUT2D eigenvalue weighted by Gasteiger charge is 2.30. The van der Waals surface area contributed by atoms with E-state index in [1.807, 2.05) is 17.0 Å². The maximum Gasteiger partial charge on any atom is 0.255 e. The molecule has 2 aliphatic rings. The summed E-state index contributed by atoms with van der Waals surface area (Å²) in [4.78, 5) is 17.4. The fourth-order valence-corrected chi connectivity index (χ4v) is 3.64. The van der Waals surface area contributed by atoms with Crippen LogP contribution in [0.1, 0.15) is 48.0 Å². The molecule has 0 unspecified atom stereocenters. The molecule has 22 heavy (non-hydrogen) atoms. The standard InChI is InChI=1S/C18H23N3O/c19-13-15-7-1-2-9-17(15)18(22)21-12-4-3-8-16(21)14-20-10-5-6-11-20/h1-2,7,9,16H,3-6,8,10-12,14H2/t16-/m1/s1. The quantitative estimate of drug-likeness (QED) is 0.861. The van der Waals surface area contributed by atoms with E-state index in [4.69, 9.17) is 0 Å². The first-order valence-electron chi connectivity index (χ1n) is 8.32. The first kappa shape index (κ1) is 15.1. The summed E-state index contributed by atoms with van der Waals surface area (Å²) in [6.07, 6.45) is 5.89. The number of nitriles is 1. The molecule has 1 aromatic carbocycles. The van der Waals surface area contributed by atoms with Crippen LogP contribution in [0.5, 0.6) is 0 Å². The molecule has 0 radical (unpaired) electrons. The molecule has 2 heterocycles. The average molecular weight is 297 g/mol. The van der Waals surface area contributed by atoms with E-state index >= 15 is 0 Å². The maximum atomic E-state index is 12.9. The topological polar surface area (TPSA) is 47.3 Å². The van der Waals surface area contributed by atoms with Crippen LogP contribution in [0, 0.1) is 11.3 Å². The zero-order valence-electron chi connectivity index (χ0n) is 13.0. The number of hydrogen-bond donors (Lipinski definition) is 0. The molecule has 1 aromatic rings. The summed E-state index contributed by atoms with van der Waals surface area (Å²) in [6.45, 7) is 4.12. The zero-order valence-corrected chi connectivity index (χ0v) is 13.0. The van der Waals surface area contributed by atoms with Crippen molar-refractivity contribution in [2.24, 2.45) is 0 Å². The first-order chi connectivity index (χ1) is 10.8. The smallest absolute Gasteiger partial charge is 0.255 e. The molecule has 4 nitrogen and oxygen atoms in total. The second-order valence-corrected chi connectivity index (χ2v) is 6.31. The van der Waals surface area contributed by atoms with Crippen molar-refractivity contribution in [3.05, 3.63) is 35.4 Å². The third-order valence-electron chi connectivity index (χ3n) is 4.83. The average Bonchev–Trinajstić information content (AvgIpc) is 3.08. The molecule has 2 saturated heterocycles. The van der Waals surface area contributed by atoms with E-state index in [1.54, 1.807) is 12.1 Å². The van der Waals surface area contributed by atoms with Crippen LogP contribution >= 0.6 is 0 Å². The van der Waals surface area contributed by atoms with Crippen molar-refractivity contribution in [2.75, 3.05) is 26.2 Å². The lowest BCUT2D eigenvalue weighted by atomic mass is 9.99. The number of rotatable bonds is 3. The lowest BCUT2D eigenvalue weighted by Crippen LogP contribution is -2.49. The van der Waals surface area contributed by atoms with Crippen LogP contribution in [0.4, 0.5) is 0 Å². The number of nitrogens with zero attached hydrogens (tertiary/aromatic N) is 3.